The van der Waals surface area contributed by atoms with Crippen molar-refractivity contribution in [2.75, 3.05) is 65.3 Å². The summed E-state index contributed by atoms with van der Waals surface area (Å²) in [6.07, 6.45) is 3.62. The van der Waals surface area contributed by atoms with Crippen LogP contribution in [0.5, 0.6) is 0 Å². The van der Waals surface area contributed by atoms with Crippen molar-refractivity contribution in [2.24, 2.45) is 5.92 Å². The summed E-state index contributed by atoms with van der Waals surface area (Å²) in [6.45, 7) is 4.90. The maximum atomic E-state index is 12.8. The standard InChI is InChI=1S/C18H28N4O4S/c1-27(24,25)22-7-6-21(18(23)15-20-8-10-26-11-9-20)13-16(14-22)12-17-4-2-3-5-19-17/h2-5,16H,6-15H2,1H3. The van der Waals surface area contributed by atoms with Crippen LogP contribution in [-0.2, 0) is 26.0 Å². The maximum Gasteiger partial charge on any atom is 0.236 e. The highest BCUT2D eigenvalue weighted by Gasteiger charge is 2.30. The second-order valence-electron chi connectivity index (χ2n) is 7.24. The molecular formula is C18H28N4O4S. The molecule has 0 N–H and O–H groups in total. The third-order valence-corrected chi connectivity index (χ3v) is 6.34. The Hall–Kier alpha value is -1.55. The number of rotatable bonds is 5. The first-order chi connectivity index (χ1) is 12.9. The second-order valence-corrected chi connectivity index (χ2v) is 9.22. The Balaban J connectivity index is 1.69. The van der Waals surface area contributed by atoms with Gasteiger partial charge in [0.2, 0.25) is 15.9 Å². The van der Waals surface area contributed by atoms with E-state index in [0.29, 0.717) is 52.4 Å². The van der Waals surface area contributed by atoms with Gasteiger partial charge in [0.15, 0.2) is 0 Å². The van der Waals surface area contributed by atoms with Crippen LogP contribution in [0.4, 0.5) is 0 Å². The van der Waals surface area contributed by atoms with Crippen molar-refractivity contribution in [3.8, 4) is 0 Å². The molecule has 1 atom stereocenters. The minimum atomic E-state index is -3.30. The molecule has 3 heterocycles. The zero-order chi connectivity index (χ0) is 19.3. The van der Waals surface area contributed by atoms with Gasteiger partial charge in [-0.25, -0.2) is 12.7 Å². The van der Waals surface area contributed by atoms with E-state index in [9.17, 15) is 13.2 Å². The molecule has 9 heteroatoms. The molecule has 8 nitrogen and oxygen atoms in total. The minimum absolute atomic E-state index is 0.0192. The molecule has 1 amide bonds. The van der Waals surface area contributed by atoms with Gasteiger partial charge in [0.1, 0.15) is 0 Å². The normalized spacial score (nSPS) is 23.1. The molecule has 0 aromatic carbocycles. The number of amides is 1. The van der Waals surface area contributed by atoms with Crippen LogP contribution in [0.25, 0.3) is 0 Å². The molecule has 0 saturated carbocycles. The third-order valence-electron chi connectivity index (χ3n) is 5.07. The molecule has 2 aliphatic rings. The van der Waals surface area contributed by atoms with E-state index in [2.05, 4.69) is 9.88 Å². The number of hydrogen-bond acceptors (Lipinski definition) is 6. The molecule has 0 radical (unpaired) electrons. The van der Waals surface area contributed by atoms with Crippen molar-refractivity contribution in [3.63, 3.8) is 0 Å². The first-order valence-electron chi connectivity index (χ1n) is 9.35. The molecule has 2 fully saturated rings. The molecule has 0 aliphatic carbocycles. The molecule has 2 aliphatic heterocycles. The summed E-state index contributed by atoms with van der Waals surface area (Å²) >= 11 is 0. The van der Waals surface area contributed by atoms with Crippen LogP contribution >= 0.6 is 0 Å². The Labute approximate surface area is 161 Å². The van der Waals surface area contributed by atoms with E-state index in [4.69, 9.17) is 4.74 Å². The van der Waals surface area contributed by atoms with Crippen LogP contribution in [0, 0.1) is 5.92 Å². The van der Waals surface area contributed by atoms with Crippen molar-refractivity contribution < 1.29 is 17.9 Å². The first-order valence-corrected chi connectivity index (χ1v) is 11.2. The van der Waals surface area contributed by atoms with Gasteiger partial charge in [0.05, 0.1) is 26.0 Å². The third kappa shape index (κ3) is 5.97. The second kappa shape index (κ2) is 9.09. The Bertz CT molecular complexity index is 722. The lowest BCUT2D eigenvalue weighted by Crippen LogP contribution is -2.46. The molecule has 2 saturated heterocycles. The van der Waals surface area contributed by atoms with Crippen molar-refractivity contribution in [2.45, 2.75) is 6.42 Å². The number of nitrogens with zero attached hydrogens (tertiary/aromatic N) is 4. The average molecular weight is 397 g/mol. The van der Waals surface area contributed by atoms with Crippen LogP contribution in [0.2, 0.25) is 0 Å². The van der Waals surface area contributed by atoms with E-state index in [0.717, 1.165) is 18.8 Å². The molecule has 1 unspecified atom stereocenters. The van der Waals surface area contributed by atoms with Crippen LogP contribution in [-0.4, -0.2) is 98.7 Å². The number of pyridine rings is 1. The number of sulfonamides is 1. The van der Waals surface area contributed by atoms with E-state index in [1.807, 2.05) is 23.1 Å². The lowest BCUT2D eigenvalue weighted by molar-refractivity contribution is -0.133. The number of morpholine rings is 1. The van der Waals surface area contributed by atoms with Gasteiger partial charge in [0, 0.05) is 51.2 Å². The van der Waals surface area contributed by atoms with Crippen LogP contribution < -0.4 is 0 Å². The van der Waals surface area contributed by atoms with Crippen molar-refractivity contribution >= 4 is 15.9 Å². The molecule has 27 heavy (non-hydrogen) atoms. The largest absolute Gasteiger partial charge is 0.379 e. The van der Waals surface area contributed by atoms with Crippen LogP contribution in [0.1, 0.15) is 5.69 Å². The summed E-state index contributed by atoms with van der Waals surface area (Å²) in [5.41, 5.74) is 0.915. The van der Waals surface area contributed by atoms with Gasteiger partial charge >= 0.3 is 0 Å². The van der Waals surface area contributed by atoms with Crippen molar-refractivity contribution in [3.05, 3.63) is 30.1 Å². The zero-order valence-corrected chi connectivity index (χ0v) is 16.6. The number of aromatic nitrogens is 1. The lowest BCUT2D eigenvalue weighted by atomic mass is 10.0. The molecule has 1 aromatic heterocycles. The summed E-state index contributed by atoms with van der Waals surface area (Å²) in [7, 11) is -3.30. The zero-order valence-electron chi connectivity index (χ0n) is 15.8. The topological polar surface area (TPSA) is 83.1 Å². The lowest BCUT2D eigenvalue weighted by Gasteiger charge is -2.30. The monoisotopic (exact) mass is 396 g/mol. The summed E-state index contributed by atoms with van der Waals surface area (Å²) < 4.78 is 31.1. The molecule has 0 bridgehead atoms. The Morgan fingerprint density at radius 2 is 1.96 bits per heavy atom. The molecule has 0 spiro atoms. The Morgan fingerprint density at radius 3 is 2.63 bits per heavy atom. The summed E-state index contributed by atoms with van der Waals surface area (Å²) in [6, 6.07) is 5.72. The molecule has 1 aromatic rings. The van der Waals surface area contributed by atoms with Gasteiger partial charge in [-0.1, -0.05) is 6.07 Å². The van der Waals surface area contributed by atoms with E-state index in [1.54, 1.807) is 6.20 Å². The fourth-order valence-electron chi connectivity index (χ4n) is 3.59. The van der Waals surface area contributed by atoms with Crippen LogP contribution in [0.3, 0.4) is 0 Å². The fourth-order valence-corrected chi connectivity index (χ4v) is 4.49. The first kappa shape index (κ1) is 20.2. The summed E-state index contributed by atoms with van der Waals surface area (Å²) in [4.78, 5) is 21.1. The predicted molar refractivity (Wildman–Crippen MR) is 102 cm³/mol. The molecule has 150 valence electrons. The van der Waals surface area contributed by atoms with Gasteiger partial charge in [-0.3, -0.25) is 14.7 Å². The highest BCUT2D eigenvalue weighted by molar-refractivity contribution is 7.88. The van der Waals surface area contributed by atoms with Gasteiger partial charge in [0.25, 0.3) is 0 Å². The van der Waals surface area contributed by atoms with Gasteiger partial charge in [-0.15, -0.1) is 0 Å². The smallest absolute Gasteiger partial charge is 0.236 e. The SMILES string of the molecule is CS(=O)(=O)N1CCN(C(=O)CN2CCOCC2)CC(Cc2ccccn2)C1. The van der Waals surface area contributed by atoms with Crippen LogP contribution in [0.15, 0.2) is 24.4 Å². The Morgan fingerprint density at radius 1 is 1.19 bits per heavy atom. The van der Waals surface area contributed by atoms with E-state index >= 15 is 0 Å². The van der Waals surface area contributed by atoms with Gasteiger partial charge < -0.3 is 9.64 Å². The molecular weight excluding hydrogens is 368 g/mol. The fraction of sp³-hybridized carbons (Fsp3) is 0.667. The number of carbonyl (C=O) groups is 1. The quantitative estimate of drug-likeness (QED) is 0.678. The van der Waals surface area contributed by atoms with E-state index < -0.39 is 10.0 Å². The summed E-state index contributed by atoms with van der Waals surface area (Å²) in [5.74, 6) is 0.0732. The number of hydrogen-bond donors (Lipinski definition) is 0. The highest BCUT2D eigenvalue weighted by atomic mass is 32.2. The predicted octanol–water partition coefficient (Wildman–Crippen LogP) is -0.324. The summed E-state index contributed by atoms with van der Waals surface area (Å²) in [5, 5.41) is 0. The van der Waals surface area contributed by atoms with E-state index in [-0.39, 0.29) is 11.8 Å². The van der Waals surface area contributed by atoms with Gasteiger partial charge in [-0.2, -0.15) is 0 Å². The highest BCUT2D eigenvalue weighted by Crippen LogP contribution is 2.17. The van der Waals surface area contributed by atoms with Crippen molar-refractivity contribution in [1.29, 1.82) is 0 Å². The average Bonchev–Trinajstić information content (AvgIpc) is 2.86. The number of carbonyl (C=O) groups excluding carboxylic acids is 1. The van der Waals surface area contributed by atoms with Gasteiger partial charge in [-0.05, 0) is 24.5 Å². The maximum absolute atomic E-state index is 12.8. The number of ether oxygens (including phenoxy) is 1. The van der Waals surface area contributed by atoms with E-state index in [1.165, 1.54) is 10.6 Å². The molecule has 3 rings (SSSR count). The van der Waals surface area contributed by atoms with Crippen molar-refractivity contribution in [1.82, 2.24) is 19.1 Å². The minimum Gasteiger partial charge on any atom is -0.379 e. The Kier molecular flexibility index (Phi) is 6.80.